The zero-order valence-corrected chi connectivity index (χ0v) is 63.4. The molecule has 10 heteroatoms. The summed E-state index contributed by atoms with van der Waals surface area (Å²) in [5, 5.41) is 0. The molecule has 8 fully saturated rings. The van der Waals surface area contributed by atoms with Crippen LogP contribution in [0, 0.1) is 0 Å². The molecule has 1 unspecified atom stereocenters. The van der Waals surface area contributed by atoms with Crippen LogP contribution in [-0.4, -0.2) is 145 Å². The van der Waals surface area contributed by atoms with Crippen molar-refractivity contribution >= 4 is 23.5 Å². The molecule has 8 heterocycles. The molecule has 8 aliphatic rings. The third-order valence-corrected chi connectivity index (χ3v) is 10.8. The van der Waals surface area contributed by atoms with Crippen molar-refractivity contribution in [3.8, 4) is 0 Å². The van der Waals surface area contributed by atoms with Gasteiger partial charge in [0.25, 0.3) is 0 Å². The molecule has 8 nitrogen and oxygen atoms in total. The van der Waals surface area contributed by atoms with Gasteiger partial charge < -0.3 is 38.2 Å². The summed E-state index contributed by atoms with van der Waals surface area (Å²) in [5.41, 5.74) is 0. The third kappa shape index (κ3) is 178. The molecule has 8 aliphatic heterocycles. The first-order valence-electron chi connectivity index (χ1n) is 34.7. The van der Waals surface area contributed by atoms with Crippen molar-refractivity contribution in [3.63, 3.8) is 0 Å². The number of hydrogen-bond acceptors (Lipinski definition) is 10. The Morgan fingerprint density at radius 3 is 0.613 bits per heavy atom. The zero-order chi connectivity index (χ0) is 64.4. The molecule has 0 bridgehead atoms. The van der Waals surface area contributed by atoms with Crippen LogP contribution in [0.4, 0.5) is 0 Å². The SMILES string of the molecule is C.C.C1CCOC1.C1CCOCC1.C1CCSC1.C1CCSCC1.C1COCOC1.CC.CC.CC.CC.CC.CC.CC.CC.CC.CC.CC.CC.CC.CC.CC.CC1COCCO1.CN1CCCC1.CN1CCCCC1. The molecule has 80 heavy (non-hydrogen) atoms. The standard InChI is InChI=1S/C6H13N.C5H11N.C5H10O2.C5H10O.C5H10S.C4H8O2.C4H8O.C4H8S.15C2H6.2CH4/c1-7-5-3-2-4-6-7;1-6-4-2-3-5-6;1-5-4-6-2-3-7-5;2*1-2-4-6-5-3-1;1-2-5-4-6-3-1;2*1-2-4-5-3-1;15*1-2;;/h2-6H2,1H3;2-5H2,1H3;5H,2-4H2,1H3;2*1-5H2;1-4H2;2*1-4H2;15*1-2H3;2*1H4. The van der Waals surface area contributed by atoms with Crippen LogP contribution in [0.1, 0.15) is 332 Å². The van der Waals surface area contributed by atoms with E-state index in [9.17, 15) is 0 Å². The summed E-state index contributed by atoms with van der Waals surface area (Å²) in [7, 11) is 4.37. The second kappa shape index (κ2) is 185. The van der Waals surface area contributed by atoms with Crippen molar-refractivity contribution in [1.82, 2.24) is 9.80 Å². The van der Waals surface area contributed by atoms with Gasteiger partial charge in [-0.15, -0.1) is 0 Å². The van der Waals surface area contributed by atoms with E-state index >= 15 is 0 Å². The molecule has 0 radical (unpaired) electrons. The van der Waals surface area contributed by atoms with Crippen LogP contribution in [0.5, 0.6) is 0 Å². The first-order valence-corrected chi connectivity index (χ1v) is 37.0. The topological polar surface area (TPSA) is 61.9 Å². The zero-order valence-electron chi connectivity index (χ0n) is 61.8. The monoisotopic (exact) mass is 1210 g/mol. The average Bonchev–Trinajstić information content (AvgIpc) is 4.47. The first kappa shape index (κ1) is 126. The molecule has 0 spiro atoms. The fourth-order valence-electron chi connectivity index (χ4n) is 5.37. The van der Waals surface area contributed by atoms with Crippen LogP contribution in [0.2, 0.25) is 0 Å². The number of ether oxygens (including phenoxy) is 6. The van der Waals surface area contributed by atoms with Gasteiger partial charge in [-0.1, -0.05) is 235 Å². The van der Waals surface area contributed by atoms with Crippen LogP contribution in [-0.2, 0) is 28.4 Å². The second-order valence-corrected chi connectivity index (χ2v) is 15.9. The van der Waals surface area contributed by atoms with Gasteiger partial charge in [0.05, 0.1) is 39.1 Å². The van der Waals surface area contributed by atoms with E-state index < -0.39 is 0 Å². The molecule has 0 amide bonds. The van der Waals surface area contributed by atoms with Gasteiger partial charge in [-0.3, -0.25) is 0 Å². The maximum atomic E-state index is 5.15. The minimum atomic E-state index is 0. The number of thioether (sulfide) groups is 2. The van der Waals surface area contributed by atoms with Crippen molar-refractivity contribution in [3.05, 3.63) is 0 Å². The predicted molar refractivity (Wildman–Crippen MR) is 392 cm³/mol. The number of nitrogens with zero attached hydrogens (tertiary/aromatic N) is 2. The van der Waals surface area contributed by atoms with E-state index in [2.05, 4.69) is 47.4 Å². The Kier molecular flexibility index (Phi) is 291. The molecule has 514 valence electrons. The van der Waals surface area contributed by atoms with Crippen molar-refractivity contribution in [1.29, 1.82) is 0 Å². The second-order valence-electron chi connectivity index (χ2n) is 13.4. The van der Waals surface area contributed by atoms with E-state index in [-0.39, 0.29) is 14.9 Å². The van der Waals surface area contributed by atoms with E-state index in [1.165, 1.54) is 146 Å². The Balaban J connectivity index is -0.0000000354. The van der Waals surface area contributed by atoms with Crippen molar-refractivity contribution in [2.45, 2.75) is 338 Å². The van der Waals surface area contributed by atoms with Crippen molar-refractivity contribution < 1.29 is 28.4 Å². The maximum absolute atomic E-state index is 5.15. The maximum Gasteiger partial charge on any atom is 0.146 e. The van der Waals surface area contributed by atoms with Crippen LogP contribution < -0.4 is 0 Å². The molecule has 0 N–H and O–H groups in total. The van der Waals surface area contributed by atoms with Crippen LogP contribution >= 0.6 is 23.5 Å². The summed E-state index contributed by atoms with van der Waals surface area (Å²) in [5.74, 6) is 5.67. The highest BCUT2D eigenvalue weighted by Crippen LogP contribution is 2.15. The molecular weight excluding hydrogens is 1030 g/mol. The van der Waals surface area contributed by atoms with Gasteiger partial charge >= 0.3 is 0 Å². The summed E-state index contributed by atoms with van der Waals surface area (Å²) in [4.78, 5) is 4.75. The van der Waals surface area contributed by atoms with Gasteiger partial charge in [-0.2, -0.15) is 23.5 Å². The highest BCUT2D eigenvalue weighted by Gasteiger charge is 2.06. The van der Waals surface area contributed by atoms with Crippen molar-refractivity contribution in [2.75, 3.05) is 130 Å². The molecule has 8 rings (SSSR count). The van der Waals surface area contributed by atoms with E-state index in [0.717, 1.165) is 65.9 Å². The lowest BCUT2D eigenvalue weighted by atomic mass is 10.1. The largest absolute Gasteiger partial charge is 0.381 e. The number of hydrogen-bond donors (Lipinski definition) is 0. The first-order chi connectivity index (χ1) is 38.7. The van der Waals surface area contributed by atoms with Gasteiger partial charge in [0, 0.05) is 26.4 Å². The predicted octanol–water partition coefficient (Wildman–Crippen LogP) is 24.7. The average molecular weight is 1210 g/mol. The summed E-state index contributed by atoms with van der Waals surface area (Å²) in [6.45, 7) is 75.8. The molecule has 1 atom stereocenters. The summed E-state index contributed by atoms with van der Waals surface area (Å²) in [6, 6.07) is 0. The Labute approximate surface area is 526 Å². The van der Waals surface area contributed by atoms with E-state index in [4.69, 9.17) is 28.4 Å². The number of piperidine rings is 1. The van der Waals surface area contributed by atoms with Gasteiger partial charge in [0.1, 0.15) is 6.79 Å². The van der Waals surface area contributed by atoms with Crippen molar-refractivity contribution in [2.24, 2.45) is 0 Å². The molecule has 8 saturated heterocycles. The minimum Gasteiger partial charge on any atom is -0.381 e. The van der Waals surface area contributed by atoms with Gasteiger partial charge in [-0.05, 0) is 160 Å². The van der Waals surface area contributed by atoms with Gasteiger partial charge in [0.2, 0.25) is 0 Å². The van der Waals surface area contributed by atoms with Gasteiger partial charge in [-0.25, -0.2) is 0 Å². The highest BCUT2D eigenvalue weighted by atomic mass is 32.2. The highest BCUT2D eigenvalue weighted by molar-refractivity contribution is 7.99. The fourth-order valence-corrected chi connectivity index (χ4v) is 7.41. The molecule has 0 aromatic carbocycles. The molecule has 0 saturated carbocycles. The van der Waals surface area contributed by atoms with Gasteiger partial charge in [0.15, 0.2) is 0 Å². The van der Waals surface area contributed by atoms with E-state index in [0.29, 0.717) is 12.9 Å². The summed E-state index contributed by atoms with van der Waals surface area (Å²) in [6.07, 6.45) is 22.3. The quantitative estimate of drug-likeness (QED) is 0.234. The molecule has 0 aromatic heterocycles. The van der Waals surface area contributed by atoms with E-state index in [1.54, 1.807) is 0 Å². The smallest absolute Gasteiger partial charge is 0.146 e. The van der Waals surface area contributed by atoms with E-state index in [1.807, 2.05) is 215 Å². The van der Waals surface area contributed by atoms with Crippen LogP contribution in [0.15, 0.2) is 0 Å². The Hall–Kier alpha value is 0.380. The Morgan fingerprint density at radius 1 is 0.263 bits per heavy atom. The number of likely N-dealkylation sites (tertiary alicyclic amines) is 2. The van der Waals surface area contributed by atoms with Crippen LogP contribution in [0.25, 0.3) is 0 Å². The summed E-state index contributed by atoms with van der Waals surface area (Å²) < 4.78 is 29.9. The van der Waals surface area contributed by atoms with Crippen LogP contribution in [0.3, 0.4) is 0 Å². The minimum absolute atomic E-state index is 0. The fraction of sp³-hybridized carbons (Fsp3) is 1.00. The molecular formula is C70H176N2O6S2. The lowest BCUT2D eigenvalue weighted by Crippen LogP contribution is -2.25. The Morgan fingerprint density at radius 2 is 0.500 bits per heavy atom. The lowest BCUT2D eigenvalue weighted by Gasteiger charge is -2.20. The normalized spacial score (nSPS) is 16.5. The lowest BCUT2D eigenvalue weighted by molar-refractivity contribution is -0.0963. The Bertz CT molecular complexity index is 494. The summed E-state index contributed by atoms with van der Waals surface area (Å²) >= 11 is 4.17. The molecule has 0 aliphatic carbocycles. The molecule has 0 aromatic rings. The number of rotatable bonds is 0. The third-order valence-electron chi connectivity index (χ3n) is 8.45.